The van der Waals surface area contributed by atoms with E-state index in [9.17, 15) is 0 Å². The lowest BCUT2D eigenvalue weighted by molar-refractivity contribution is 0.414. The fourth-order valence-corrected chi connectivity index (χ4v) is 2.63. The number of rotatable bonds is 4. The molecule has 3 aromatic heterocycles. The average molecular weight is 305 g/mol. The number of aromatic nitrogens is 3. The molecular formula is C18H15N3O2. The summed E-state index contributed by atoms with van der Waals surface area (Å²) in [7, 11) is 1.67. The SMILES string of the molecule is COc1ccc(Cn2c(-c3ccco3)nc3ncccc32)cc1. The number of furan rings is 1. The number of imidazole rings is 1. The number of methoxy groups -OCH3 is 1. The third-order valence-electron chi connectivity index (χ3n) is 3.77. The Morgan fingerprint density at radius 3 is 2.70 bits per heavy atom. The third kappa shape index (κ3) is 2.46. The minimum absolute atomic E-state index is 0.683. The van der Waals surface area contributed by atoms with Crippen molar-refractivity contribution in [1.29, 1.82) is 0 Å². The first-order valence-corrected chi connectivity index (χ1v) is 7.33. The Hall–Kier alpha value is -3.08. The normalized spacial score (nSPS) is 11.0. The van der Waals surface area contributed by atoms with Gasteiger partial charge >= 0.3 is 0 Å². The smallest absolute Gasteiger partial charge is 0.179 e. The van der Waals surface area contributed by atoms with Gasteiger partial charge in [-0.1, -0.05) is 12.1 Å². The fourth-order valence-electron chi connectivity index (χ4n) is 2.63. The highest BCUT2D eigenvalue weighted by Crippen LogP contribution is 2.25. The minimum Gasteiger partial charge on any atom is -0.497 e. The molecule has 5 heteroatoms. The molecule has 0 unspecified atom stereocenters. The van der Waals surface area contributed by atoms with Crippen molar-refractivity contribution in [2.45, 2.75) is 6.54 Å². The molecular weight excluding hydrogens is 290 g/mol. The molecule has 0 atom stereocenters. The second-order valence-electron chi connectivity index (χ2n) is 5.19. The molecule has 0 N–H and O–H groups in total. The maximum Gasteiger partial charge on any atom is 0.179 e. The summed E-state index contributed by atoms with van der Waals surface area (Å²) in [6, 6.07) is 15.7. The van der Waals surface area contributed by atoms with Gasteiger partial charge in [-0.25, -0.2) is 9.97 Å². The molecule has 0 saturated heterocycles. The summed E-state index contributed by atoms with van der Waals surface area (Å²) in [6.45, 7) is 0.683. The molecule has 0 aliphatic heterocycles. The van der Waals surface area contributed by atoms with Crippen molar-refractivity contribution in [3.05, 3.63) is 66.6 Å². The second kappa shape index (κ2) is 5.61. The van der Waals surface area contributed by atoms with Crippen molar-refractivity contribution >= 4 is 11.2 Å². The summed E-state index contributed by atoms with van der Waals surface area (Å²) in [6.07, 6.45) is 3.40. The van der Waals surface area contributed by atoms with Crippen LogP contribution < -0.4 is 4.74 Å². The van der Waals surface area contributed by atoms with Crippen molar-refractivity contribution in [2.75, 3.05) is 7.11 Å². The first-order valence-electron chi connectivity index (χ1n) is 7.33. The van der Waals surface area contributed by atoms with Crippen molar-refractivity contribution in [3.63, 3.8) is 0 Å². The zero-order valence-electron chi connectivity index (χ0n) is 12.6. The van der Waals surface area contributed by atoms with Gasteiger partial charge in [-0.05, 0) is 42.0 Å². The van der Waals surface area contributed by atoms with Crippen LogP contribution in [0.25, 0.3) is 22.7 Å². The highest BCUT2D eigenvalue weighted by atomic mass is 16.5. The zero-order valence-corrected chi connectivity index (χ0v) is 12.6. The van der Waals surface area contributed by atoms with Gasteiger partial charge in [0.15, 0.2) is 17.2 Å². The predicted molar refractivity (Wildman–Crippen MR) is 87.3 cm³/mol. The molecule has 0 aliphatic carbocycles. The molecule has 3 heterocycles. The molecule has 5 nitrogen and oxygen atoms in total. The van der Waals surface area contributed by atoms with Gasteiger partial charge in [0.05, 0.1) is 18.9 Å². The van der Waals surface area contributed by atoms with Gasteiger partial charge in [0.2, 0.25) is 0 Å². The molecule has 114 valence electrons. The summed E-state index contributed by atoms with van der Waals surface area (Å²) in [5.41, 5.74) is 2.85. The standard InChI is InChI=1S/C18H15N3O2/c1-22-14-8-6-13(7-9-14)12-21-15-4-2-10-19-17(15)20-18(21)16-5-3-11-23-16/h2-11H,12H2,1H3. The Labute approximate surface area is 133 Å². The summed E-state index contributed by atoms with van der Waals surface area (Å²) in [4.78, 5) is 8.97. The van der Waals surface area contributed by atoms with Crippen molar-refractivity contribution < 1.29 is 9.15 Å². The predicted octanol–water partition coefficient (Wildman–Crippen LogP) is 3.75. The van der Waals surface area contributed by atoms with Crippen LogP contribution in [-0.4, -0.2) is 21.6 Å². The van der Waals surface area contributed by atoms with Crippen LogP contribution in [0.1, 0.15) is 5.56 Å². The molecule has 0 radical (unpaired) electrons. The van der Waals surface area contributed by atoms with E-state index in [0.29, 0.717) is 12.2 Å². The third-order valence-corrected chi connectivity index (χ3v) is 3.77. The van der Waals surface area contributed by atoms with E-state index in [1.54, 1.807) is 19.6 Å². The summed E-state index contributed by atoms with van der Waals surface area (Å²) in [5.74, 6) is 2.35. The van der Waals surface area contributed by atoms with E-state index in [0.717, 1.165) is 28.4 Å². The van der Waals surface area contributed by atoms with Crippen LogP contribution in [0.2, 0.25) is 0 Å². The number of nitrogens with zero attached hydrogens (tertiary/aromatic N) is 3. The summed E-state index contributed by atoms with van der Waals surface area (Å²) < 4.78 is 12.9. The maximum atomic E-state index is 5.53. The molecule has 23 heavy (non-hydrogen) atoms. The molecule has 0 saturated carbocycles. The van der Waals surface area contributed by atoms with Crippen LogP contribution >= 0.6 is 0 Å². The largest absolute Gasteiger partial charge is 0.497 e. The van der Waals surface area contributed by atoms with E-state index < -0.39 is 0 Å². The van der Waals surface area contributed by atoms with E-state index in [2.05, 4.69) is 14.5 Å². The fraction of sp³-hybridized carbons (Fsp3) is 0.111. The summed E-state index contributed by atoms with van der Waals surface area (Å²) in [5, 5.41) is 0. The summed E-state index contributed by atoms with van der Waals surface area (Å²) >= 11 is 0. The Bertz CT molecular complexity index is 925. The number of benzene rings is 1. The molecule has 4 rings (SSSR count). The van der Waals surface area contributed by atoms with E-state index >= 15 is 0 Å². The van der Waals surface area contributed by atoms with E-state index in [-0.39, 0.29) is 0 Å². The highest BCUT2D eigenvalue weighted by Gasteiger charge is 2.15. The highest BCUT2D eigenvalue weighted by molar-refractivity contribution is 5.76. The molecule has 4 aromatic rings. The lowest BCUT2D eigenvalue weighted by Gasteiger charge is -2.08. The van der Waals surface area contributed by atoms with Crippen LogP contribution in [0.3, 0.4) is 0 Å². The van der Waals surface area contributed by atoms with Crippen molar-refractivity contribution in [1.82, 2.24) is 14.5 Å². The monoisotopic (exact) mass is 305 g/mol. The Balaban J connectivity index is 1.82. The minimum atomic E-state index is 0.683. The first kappa shape index (κ1) is 13.6. The molecule has 0 bridgehead atoms. The first-order chi connectivity index (χ1) is 11.3. The molecule has 1 aromatic carbocycles. The molecule has 0 fully saturated rings. The van der Waals surface area contributed by atoms with Gasteiger partial charge in [0.25, 0.3) is 0 Å². The lowest BCUT2D eigenvalue weighted by atomic mass is 10.2. The second-order valence-corrected chi connectivity index (χ2v) is 5.19. The van der Waals surface area contributed by atoms with E-state index in [4.69, 9.17) is 9.15 Å². The molecule has 0 spiro atoms. The van der Waals surface area contributed by atoms with Gasteiger partial charge in [-0.2, -0.15) is 0 Å². The van der Waals surface area contributed by atoms with Crippen LogP contribution in [0.4, 0.5) is 0 Å². The number of hydrogen-bond acceptors (Lipinski definition) is 4. The number of hydrogen-bond donors (Lipinski definition) is 0. The average Bonchev–Trinajstić information content (AvgIpc) is 3.24. The van der Waals surface area contributed by atoms with Crippen molar-refractivity contribution in [2.24, 2.45) is 0 Å². The number of pyridine rings is 1. The van der Waals surface area contributed by atoms with Gasteiger partial charge in [-0.3, -0.25) is 0 Å². The molecule has 0 aliphatic rings. The quantitative estimate of drug-likeness (QED) is 0.576. The van der Waals surface area contributed by atoms with Crippen molar-refractivity contribution in [3.8, 4) is 17.3 Å². The lowest BCUT2D eigenvalue weighted by Crippen LogP contribution is -2.02. The maximum absolute atomic E-state index is 5.53. The van der Waals surface area contributed by atoms with Crippen LogP contribution in [-0.2, 0) is 6.54 Å². The van der Waals surface area contributed by atoms with Gasteiger partial charge in [-0.15, -0.1) is 0 Å². The Kier molecular flexibility index (Phi) is 3.31. The molecule has 0 amide bonds. The Morgan fingerprint density at radius 2 is 1.96 bits per heavy atom. The Morgan fingerprint density at radius 1 is 1.09 bits per heavy atom. The number of ether oxygens (including phenoxy) is 1. The van der Waals surface area contributed by atoms with E-state index in [1.165, 1.54) is 0 Å². The van der Waals surface area contributed by atoms with Gasteiger partial charge in [0, 0.05) is 12.7 Å². The van der Waals surface area contributed by atoms with Gasteiger partial charge < -0.3 is 13.7 Å². The van der Waals surface area contributed by atoms with Crippen LogP contribution in [0.5, 0.6) is 5.75 Å². The number of fused-ring (bicyclic) bond motifs is 1. The zero-order chi connectivity index (χ0) is 15.6. The van der Waals surface area contributed by atoms with E-state index in [1.807, 2.05) is 48.5 Å². The van der Waals surface area contributed by atoms with Gasteiger partial charge in [0.1, 0.15) is 5.75 Å². The van der Waals surface area contributed by atoms with Crippen LogP contribution in [0.15, 0.2) is 65.4 Å². The van der Waals surface area contributed by atoms with Crippen LogP contribution in [0, 0.1) is 0 Å². The topological polar surface area (TPSA) is 53.1 Å².